The van der Waals surface area contributed by atoms with Crippen molar-refractivity contribution in [2.24, 2.45) is 5.92 Å². The molecule has 0 unspecified atom stereocenters. The van der Waals surface area contributed by atoms with E-state index >= 15 is 0 Å². The Morgan fingerprint density at radius 3 is 2.26 bits per heavy atom. The SMILES string of the molecule is COc1ccc2[nH]cc(CCNC(=O)[C@H](Cc3c[nH]c4ccccc34)NC(=O)[C@@H](NC(=O)OC(C)(C)C)C(C)C)c2c1. The molecule has 0 aliphatic rings. The highest BCUT2D eigenvalue weighted by atomic mass is 16.6. The molecule has 2 aromatic carbocycles. The zero-order valence-corrected chi connectivity index (χ0v) is 25.1. The first-order chi connectivity index (χ1) is 19.9. The Balaban J connectivity index is 1.49. The van der Waals surface area contributed by atoms with Gasteiger partial charge in [0.1, 0.15) is 23.4 Å². The maximum absolute atomic E-state index is 13.6. The Kier molecular flexibility index (Phi) is 9.45. The topological polar surface area (TPSA) is 137 Å². The van der Waals surface area contributed by atoms with Crippen LogP contribution in [-0.4, -0.2) is 59.2 Å². The molecule has 0 aliphatic heterocycles. The molecule has 0 spiro atoms. The molecule has 10 nitrogen and oxygen atoms in total. The third-order valence-electron chi connectivity index (χ3n) is 7.02. The van der Waals surface area contributed by atoms with Gasteiger partial charge in [-0.3, -0.25) is 9.59 Å². The van der Waals surface area contributed by atoms with E-state index in [9.17, 15) is 14.4 Å². The van der Waals surface area contributed by atoms with Gasteiger partial charge in [0, 0.05) is 47.2 Å². The summed E-state index contributed by atoms with van der Waals surface area (Å²) < 4.78 is 10.7. The number of rotatable bonds is 11. The van der Waals surface area contributed by atoms with E-state index in [1.807, 2.05) is 68.7 Å². The summed E-state index contributed by atoms with van der Waals surface area (Å²) in [4.78, 5) is 46.0. The fraction of sp³-hybridized carbons (Fsp3) is 0.406. The highest BCUT2D eigenvalue weighted by Crippen LogP contribution is 2.24. The predicted molar refractivity (Wildman–Crippen MR) is 163 cm³/mol. The Morgan fingerprint density at radius 1 is 0.881 bits per heavy atom. The summed E-state index contributed by atoms with van der Waals surface area (Å²) in [5, 5.41) is 10.6. The fourth-order valence-corrected chi connectivity index (χ4v) is 4.90. The zero-order valence-electron chi connectivity index (χ0n) is 25.1. The Morgan fingerprint density at radius 2 is 1.57 bits per heavy atom. The lowest BCUT2D eigenvalue weighted by atomic mass is 10.0. The summed E-state index contributed by atoms with van der Waals surface area (Å²) in [6.07, 6.45) is 3.95. The highest BCUT2D eigenvalue weighted by molar-refractivity contribution is 5.92. The standard InChI is InChI=1S/C32H41N5O5/c1-19(2)28(37-31(40)42-32(3,4)5)30(39)36-27(15-21-18-35-25-10-8-7-9-23(21)25)29(38)33-14-13-20-17-34-26-12-11-22(41-6)16-24(20)26/h7-12,16-19,27-28,34-35H,13-15H2,1-6H3,(H,33,38)(H,36,39)(H,37,40)/t27-,28-/m0/s1. The van der Waals surface area contributed by atoms with Gasteiger partial charge in [-0.15, -0.1) is 0 Å². The molecule has 0 fully saturated rings. The maximum atomic E-state index is 13.6. The Labute approximate surface area is 245 Å². The normalized spacial score (nSPS) is 13.1. The van der Waals surface area contributed by atoms with Crippen molar-refractivity contribution < 1.29 is 23.9 Å². The second kappa shape index (κ2) is 13.0. The molecular weight excluding hydrogens is 534 g/mol. The molecule has 0 saturated heterocycles. The van der Waals surface area contributed by atoms with Gasteiger partial charge >= 0.3 is 6.09 Å². The van der Waals surface area contributed by atoms with Crippen molar-refractivity contribution in [2.45, 2.75) is 65.1 Å². The van der Waals surface area contributed by atoms with Gasteiger partial charge in [-0.2, -0.15) is 0 Å². The fourth-order valence-electron chi connectivity index (χ4n) is 4.90. The largest absolute Gasteiger partial charge is 0.497 e. The summed E-state index contributed by atoms with van der Waals surface area (Å²) in [5.41, 5.74) is 3.16. The number of methoxy groups -OCH3 is 1. The molecule has 224 valence electrons. The molecule has 5 N–H and O–H groups in total. The smallest absolute Gasteiger partial charge is 0.408 e. The molecule has 42 heavy (non-hydrogen) atoms. The summed E-state index contributed by atoms with van der Waals surface area (Å²) >= 11 is 0. The number of benzene rings is 2. The van der Waals surface area contributed by atoms with Crippen molar-refractivity contribution >= 4 is 39.7 Å². The van der Waals surface area contributed by atoms with Crippen LogP contribution in [0.5, 0.6) is 5.75 Å². The van der Waals surface area contributed by atoms with Crippen LogP contribution >= 0.6 is 0 Å². The quantitative estimate of drug-likeness (QED) is 0.178. The molecule has 0 saturated carbocycles. The van der Waals surface area contributed by atoms with Gasteiger partial charge < -0.3 is 35.4 Å². The third kappa shape index (κ3) is 7.63. The van der Waals surface area contributed by atoms with E-state index in [4.69, 9.17) is 9.47 Å². The van der Waals surface area contributed by atoms with Gasteiger partial charge in [0.15, 0.2) is 0 Å². The summed E-state index contributed by atoms with van der Waals surface area (Å²) in [6, 6.07) is 11.9. The molecule has 2 aromatic heterocycles. The molecule has 4 rings (SSSR count). The van der Waals surface area contributed by atoms with Crippen molar-refractivity contribution in [1.82, 2.24) is 25.9 Å². The van der Waals surface area contributed by atoms with E-state index in [1.54, 1.807) is 27.9 Å². The molecule has 3 amide bonds. The van der Waals surface area contributed by atoms with E-state index < -0.39 is 29.7 Å². The van der Waals surface area contributed by atoms with Gasteiger partial charge in [0.2, 0.25) is 11.8 Å². The number of ether oxygens (including phenoxy) is 2. The summed E-state index contributed by atoms with van der Waals surface area (Å²) in [7, 11) is 1.63. The van der Waals surface area contributed by atoms with E-state index in [1.165, 1.54) is 0 Å². The van der Waals surface area contributed by atoms with Crippen LogP contribution in [0.4, 0.5) is 4.79 Å². The van der Waals surface area contributed by atoms with Crippen molar-refractivity contribution in [1.29, 1.82) is 0 Å². The number of carbonyl (C=O) groups excluding carboxylic acids is 3. The van der Waals surface area contributed by atoms with Crippen molar-refractivity contribution in [3.05, 3.63) is 66.0 Å². The number of hydrogen-bond donors (Lipinski definition) is 5. The number of hydrogen-bond acceptors (Lipinski definition) is 5. The number of carbonyl (C=O) groups is 3. The number of nitrogens with one attached hydrogen (secondary N) is 5. The van der Waals surface area contributed by atoms with E-state index in [0.717, 1.165) is 38.7 Å². The van der Waals surface area contributed by atoms with Crippen LogP contribution in [0.15, 0.2) is 54.9 Å². The average molecular weight is 576 g/mol. The van der Waals surface area contributed by atoms with Crippen molar-refractivity contribution in [2.75, 3.05) is 13.7 Å². The van der Waals surface area contributed by atoms with Crippen LogP contribution in [0.3, 0.4) is 0 Å². The number of H-pyrrole nitrogens is 2. The van der Waals surface area contributed by atoms with Crippen LogP contribution < -0.4 is 20.7 Å². The molecule has 0 bridgehead atoms. The molecule has 10 heteroatoms. The predicted octanol–water partition coefficient (Wildman–Crippen LogP) is 4.59. The zero-order chi connectivity index (χ0) is 30.4. The maximum Gasteiger partial charge on any atom is 0.408 e. The number of fused-ring (bicyclic) bond motifs is 2. The summed E-state index contributed by atoms with van der Waals surface area (Å²) in [5.74, 6) is -0.257. The highest BCUT2D eigenvalue weighted by Gasteiger charge is 2.31. The van der Waals surface area contributed by atoms with Gasteiger partial charge in [-0.25, -0.2) is 4.79 Å². The lowest BCUT2D eigenvalue weighted by Crippen LogP contribution is -2.56. The van der Waals surface area contributed by atoms with Gasteiger partial charge in [-0.05, 0) is 68.5 Å². The van der Waals surface area contributed by atoms with Crippen LogP contribution in [0.1, 0.15) is 45.7 Å². The first-order valence-corrected chi connectivity index (χ1v) is 14.2. The van der Waals surface area contributed by atoms with Crippen LogP contribution in [0, 0.1) is 5.92 Å². The Bertz CT molecular complexity index is 1550. The molecule has 0 radical (unpaired) electrons. The minimum absolute atomic E-state index is 0.242. The van der Waals surface area contributed by atoms with Crippen LogP contribution in [0.25, 0.3) is 21.8 Å². The van der Waals surface area contributed by atoms with Gasteiger partial charge in [0.05, 0.1) is 7.11 Å². The molecular formula is C32H41N5O5. The second-order valence-electron chi connectivity index (χ2n) is 11.8. The lowest BCUT2D eigenvalue weighted by molar-refractivity contribution is -0.130. The first kappa shape index (κ1) is 30.5. The number of aromatic nitrogens is 2. The minimum atomic E-state index is -0.890. The van der Waals surface area contributed by atoms with E-state index in [0.29, 0.717) is 13.0 Å². The van der Waals surface area contributed by atoms with Crippen molar-refractivity contribution in [3.8, 4) is 5.75 Å². The Hall–Kier alpha value is -4.47. The van der Waals surface area contributed by atoms with Crippen molar-refractivity contribution in [3.63, 3.8) is 0 Å². The number of amides is 3. The number of para-hydroxylation sites is 1. The molecule has 4 aromatic rings. The lowest BCUT2D eigenvalue weighted by Gasteiger charge is -2.27. The molecule has 0 aliphatic carbocycles. The second-order valence-corrected chi connectivity index (χ2v) is 11.8. The number of aromatic amines is 2. The summed E-state index contributed by atoms with van der Waals surface area (Å²) in [6.45, 7) is 9.29. The van der Waals surface area contributed by atoms with Gasteiger partial charge in [0.25, 0.3) is 0 Å². The minimum Gasteiger partial charge on any atom is -0.497 e. The molecule has 2 heterocycles. The molecule has 2 atom stereocenters. The van der Waals surface area contributed by atoms with E-state index in [-0.39, 0.29) is 18.2 Å². The third-order valence-corrected chi connectivity index (χ3v) is 7.02. The average Bonchev–Trinajstić information content (AvgIpc) is 3.53. The first-order valence-electron chi connectivity index (χ1n) is 14.2. The van der Waals surface area contributed by atoms with Crippen LogP contribution in [-0.2, 0) is 27.2 Å². The monoisotopic (exact) mass is 575 g/mol. The van der Waals surface area contributed by atoms with E-state index in [2.05, 4.69) is 25.9 Å². The number of alkyl carbamates (subject to hydrolysis) is 1. The van der Waals surface area contributed by atoms with Crippen LogP contribution in [0.2, 0.25) is 0 Å². The van der Waals surface area contributed by atoms with Gasteiger partial charge in [-0.1, -0.05) is 32.0 Å².